The highest BCUT2D eigenvalue weighted by atomic mass is 32.1. The standard InChI is InChI=1S/C14H17N5OS/c1-7-12(21-9(3)16-7)8(2)19-13-10(17-14(19)15)5-6-11(18-13)20-4/h5-6,8H,1-4H3,(H2,15,17). The van der Waals surface area contributed by atoms with Gasteiger partial charge < -0.3 is 10.5 Å². The van der Waals surface area contributed by atoms with Crippen molar-refractivity contribution >= 4 is 28.4 Å². The molecule has 0 bridgehead atoms. The Morgan fingerprint density at radius 2 is 2.00 bits per heavy atom. The summed E-state index contributed by atoms with van der Waals surface area (Å²) < 4.78 is 7.13. The number of ether oxygens (including phenoxy) is 1. The third-order valence-corrected chi connectivity index (χ3v) is 4.70. The molecule has 0 aliphatic heterocycles. The molecule has 0 saturated heterocycles. The minimum atomic E-state index is 0.0285. The SMILES string of the molecule is COc1ccc2nc(N)n(C(C)c3sc(C)nc3C)c2n1. The first-order valence-corrected chi connectivity index (χ1v) is 7.45. The molecule has 110 valence electrons. The molecule has 0 aliphatic rings. The van der Waals surface area contributed by atoms with Gasteiger partial charge in [-0.15, -0.1) is 11.3 Å². The lowest BCUT2D eigenvalue weighted by Gasteiger charge is -2.14. The monoisotopic (exact) mass is 303 g/mol. The van der Waals surface area contributed by atoms with Gasteiger partial charge in [0.2, 0.25) is 11.8 Å². The van der Waals surface area contributed by atoms with Crippen LogP contribution in [0.25, 0.3) is 11.2 Å². The maximum absolute atomic E-state index is 6.10. The molecule has 2 N–H and O–H groups in total. The molecule has 1 atom stereocenters. The summed E-state index contributed by atoms with van der Waals surface area (Å²) in [5.41, 5.74) is 8.61. The lowest BCUT2D eigenvalue weighted by Crippen LogP contribution is -2.10. The number of rotatable bonds is 3. The molecule has 0 saturated carbocycles. The second-order valence-corrected chi connectivity index (χ2v) is 6.13. The van der Waals surface area contributed by atoms with E-state index in [1.54, 1.807) is 24.5 Å². The number of imidazole rings is 1. The first kappa shape index (κ1) is 13.8. The summed E-state index contributed by atoms with van der Waals surface area (Å²) in [6, 6.07) is 3.68. The molecule has 3 aromatic heterocycles. The van der Waals surface area contributed by atoms with Crippen molar-refractivity contribution in [3.8, 4) is 5.88 Å². The predicted octanol–water partition coefficient (Wildman–Crippen LogP) is 2.70. The van der Waals surface area contributed by atoms with E-state index < -0.39 is 0 Å². The van der Waals surface area contributed by atoms with E-state index in [-0.39, 0.29) is 6.04 Å². The Hall–Kier alpha value is -2.15. The van der Waals surface area contributed by atoms with Crippen molar-refractivity contribution in [2.24, 2.45) is 0 Å². The summed E-state index contributed by atoms with van der Waals surface area (Å²) >= 11 is 1.67. The molecule has 0 spiro atoms. The molecule has 0 amide bonds. The Balaban J connectivity index is 2.18. The molecule has 3 heterocycles. The van der Waals surface area contributed by atoms with Crippen LogP contribution in [0.1, 0.15) is 28.5 Å². The zero-order valence-corrected chi connectivity index (χ0v) is 13.2. The van der Waals surface area contributed by atoms with Gasteiger partial charge in [-0.05, 0) is 26.8 Å². The average Bonchev–Trinajstić information content (AvgIpc) is 2.95. The summed E-state index contributed by atoms with van der Waals surface area (Å²) in [5.74, 6) is 0.997. The Kier molecular flexibility index (Phi) is 3.29. The fourth-order valence-electron chi connectivity index (χ4n) is 2.52. The molecule has 1 unspecified atom stereocenters. The highest BCUT2D eigenvalue weighted by molar-refractivity contribution is 7.11. The molecule has 6 nitrogen and oxygen atoms in total. The number of thiazole rings is 1. The van der Waals surface area contributed by atoms with Crippen molar-refractivity contribution in [1.29, 1.82) is 0 Å². The highest BCUT2D eigenvalue weighted by Crippen LogP contribution is 2.32. The lowest BCUT2D eigenvalue weighted by molar-refractivity contribution is 0.399. The van der Waals surface area contributed by atoms with E-state index in [2.05, 4.69) is 21.9 Å². The number of anilines is 1. The topological polar surface area (TPSA) is 78.9 Å². The Morgan fingerprint density at radius 3 is 2.62 bits per heavy atom. The quantitative estimate of drug-likeness (QED) is 0.804. The van der Waals surface area contributed by atoms with Crippen molar-refractivity contribution in [2.45, 2.75) is 26.8 Å². The number of hydrogen-bond donors (Lipinski definition) is 1. The van der Waals surface area contributed by atoms with Gasteiger partial charge in [-0.2, -0.15) is 4.98 Å². The summed E-state index contributed by atoms with van der Waals surface area (Å²) in [4.78, 5) is 14.5. The Bertz CT molecular complexity index is 807. The molecule has 0 aromatic carbocycles. The van der Waals surface area contributed by atoms with Gasteiger partial charge in [-0.1, -0.05) is 0 Å². The number of aryl methyl sites for hydroxylation is 2. The number of nitrogens with two attached hydrogens (primary N) is 1. The largest absolute Gasteiger partial charge is 0.481 e. The van der Waals surface area contributed by atoms with E-state index in [1.807, 2.05) is 24.5 Å². The minimum Gasteiger partial charge on any atom is -0.481 e. The van der Waals surface area contributed by atoms with Gasteiger partial charge in [-0.25, -0.2) is 9.97 Å². The van der Waals surface area contributed by atoms with Crippen molar-refractivity contribution < 1.29 is 4.74 Å². The van der Waals surface area contributed by atoms with E-state index in [1.165, 1.54) is 4.88 Å². The minimum absolute atomic E-state index is 0.0285. The van der Waals surface area contributed by atoms with Crippen molar-refractivity contribution in [2.75, 3.05) is 12.8 Å². The zero-order chi connectivity index (χ0) is 15.1. The number of fused-ring (bicyclic) bond motifs is 1. The highest BCUT2D eigenvalue weighted by Gasteiger charge is 2.21. The van der Waals surface area contributed by atoms with Gasteiger partial charge in [0.25, 0.3) is 0 Å². The van der Waals surface area contributed by atoms with Crippen LogP contribution in [-0.4, -0.2) is 26.6 Å². The first-order valence-electron chi connectivity index (χ1n) is 6.63. The first-order chi connectivity index (χ1) is 10.0. The van der Waals surface area contributed by atoms with Crippen LogP contribution < -0.4 is 10.5 Å². The Morgan fingerprint density at radius 1 is 1.24 bits per heavy atom. The summed E-state index contributed by atoms with van der Waals surface area (Å²) in [6.07, 6.45) is 0. The smallest absolute Gasteiger partial charge is 0.215 e. The molecule has 0 radical (unpaired) electrons. The van der Waals surface area contributed by atoms with Crippen molar-refractivity contribution in [3.05, 3.63) is 27.7 Å². The van der Waals surface area contributed by atoms with Crippen LogP contribution >= 0.6 is 11.3 Å². The molecular weight excluding hydrogens is 286 g/mol. The van der Waals surface area contributed by atoms with Gasteiger partial charge in [0.1, 0.15) is 5.52 Å². The van der Waals surface area contributed by atoms with Crippen LogP contribution in [0.5, 0.6) is 5.88 Å². The molecule has 3 rings (SSSR count). The molecule has 21 heavy (non-hydrogen) atoms. The zero-order valence-electron chi connectivity index (χ0n) is 12.4. The molecule has 0 fully saturated rings. The predicted molar refractivity (Wildman–Crippen MR) is 83.9 cm³/mol. The number of nitrogens with zero attached hydrogens (tertiary/aromatic N) is 4. The van der Waals surface area contributed by atoms with Crippen LogP contribution in [-0.2, 0) is 0 Å². The van der Waals surface area contributed by atoms with Gasteiger partial charge >= 0.3 is 0 Å². The van der Waals surface area contributed by atoms with Crippen LogP contribution in [0.4, 0.5) is 5.95 Å². The van der Waals surface area contributed by atoms with E-state index in [0.29, 0.717) is 11.8 Å². The van der Waals surface area contributed by atoms with Crippen molar-refractivity contribution in [1.82, 2.24) is 19.5 Å². The van der Waals surface area contributed by atoms with E-state index >= 15 is 0 Å². The Labute approximate surface area is 126 Å². The molecule has 7 heteroatoms. The molecule has 3 aromatic rings. The maximum atomic E-state index is 6.10. The summed E-state index contributed by atoms with van der Waals surface area (Å²) in [5, 5.41) is 1.04. The third kappa shape index (κ3) is 2.23. The van der Waals surface area contributed by atoms with Crippen LogP contribution in [0, 0.1) is 13.8 Å². The van der Waals surface area contributed by atoms with Crippen LogP contribution in [0.2, 0.25) is 0 Å². The maximum Gasteiger partial charge on any atom is 0.215 e. The van der Waals surface area contributed by atoms with Crippen molar-refractivity contribution in [3.63, 3.8) is 0 Å². The number of aromatic nitrogens is 4. The summed E-state index contributed by atoms with van der Waals surface area (Å²) in [6.45, 7) is 6.10. The van der Waals surface area contributed by atoms with E-state index in [4.69, 9.17) is 10.5 Å². The van der Waals surface area contributed by atoms with E-state index in [0.717, 1.165) is 21.9 Å². The van der Waals surface area contributed by atoms with Crippen LogP contribution in [0.15, 0.2) is 12.1 Å². The fourth-order valence-corrected chi connectivity index (χ4v) is 3.49. The lowest BCUT2D eigenvalue weighted by atomic mass is 10.2. The third-order valence-electron chi connectivity index (χ3n) is 3.45. The molecular formula is C14H17N5OS. The molecule has 0 aliphatic carbocycles. The second kappa shape index (κ2) is 5.00. The van der Waals surface area contributed by atoms with Gasteiger partial charge in [-0.3, -0.25) is 4.57 Å². The average molecular weight is 303 g/mol. The van der Waals surface area contributed by atoms with Gasteiger partial charge in [0.05, 0.1) is 28.7 Å². The number of methoxy groups -OCH3 is 1. The van der Waals surface area contributed by atoms with E-state index in [9.17, 15) is 0 Å². The second-order valence-electron chi connectivity index (χ2n) is 4.89. The van der Waals surface area contributed by atoms with Crippen LogP contribution in [0.3, 0.4) is 0 Å². The fraction of sp³-hybridized carbons (Fsp3) is 0.357. The van der Waals surface area contributed by atoms with Gasteiger partial charge in [0, 0.05) is 6.07 Å². The normalized spacial score (nSPS) is 12.8. The summed E-state index contributed by atoms with van der Waals surface area (Å²) in [7, 11) is 1.60. The number of pyridine rings is 1. The number of nitrogen functional groups attached to an aromatic ring is 1. The number of hydrogen-bond acceptors (Lipinski definition) is 6. The van der Waals surface area contributed by atoms with Gasteiger partial charge in [0.15, 0.2) is 5.65 Å².